The minimum absolute atomic E-state index is 0.271. The number of ketones is 1. The van der Waals surface area contributed by atoms with Crippen LogP contribution in [0.15, 0.2) is 78.9 Å². The summed E-state index contributed by atoms with van der Waals surface area (Å²) in [5.41, 5.74) is 9.32. The van der Waals surface area contributed by atoms with Crippen molar-refractivity contribution >= 4 is 23.3 Å². The Bertz CT molecular complexity index is 1280. The van der Waals surface area contributed by atoms with E-state index in [2.05, 4.69) is 22.5 Å². The van der Waals surface area contributed by atoms with E-state index in [1.807, 2.05) is 30.3 Å². The van der Waals surface area contributed by atoms with Crippen LogP contribution in [-0.2, 0) is 16.0 Å². The average molecular weight is 500 g/mol. The van der Waals surface area contributed by atoms with E-state index in [0.29, 0.717) is 17.7 Å². The Hall–Kier alpha value is -4.29. The number of Topliss-reactive ketones (excluding diaryl/α,β-unsaturated/α-hetero) is 1. The maximum absolute atomic E-state index is 12.4. The normalized spacial score (nSPS) is 12.9. The Labute approximate surface area is 215 Å². The van der Waals surface area contributed by atoms with Crippen LogP contribution in [0.3, 0.4) is 0 Å². The molecule has 3 aromatic carbocycles. The van der Waals surface area contributed by atoms with Crippen LogP contribution in [-0.4, -0.2) is 52.6 Å². The van der Waals surface area contributed by atoms with Crippen molar-refractivity contribution in [3.63, 3.8) is 0 Å². The van der Waals surface area contributed by atoms with Crippen LogP contribution in [0.4, 0.5) is 5.69 Å². The number of hydrogen-bond donors (Lipinski definition) is 5. The molecule has 190 valence electrons. The van der Waals surface area contributed by atoms with Gasteiger partial charge >= 0.3 is 0 Å². The molecule has 0 radical (unpaired) electrons. The molecule has 3 rings (SSSR count). The van der Waals surface area contributed by atoms with Crippen molar-refractivity contribution in [2.24, 2.45) is 5.73 Å². The van der Waals surface area contributed by atoms with Crippen LogP contribution in [0.25, 0.3) is 0 Å². The summed E-state index contributed by atoms with van der Waals surface area (Å²) >= 11 is 0. The highest BCUT2D eigenvalue weighted by molar-refractivity contribution is 5.98. The van der Waals surface area contributed by atoms with Crippen molar-refractivity contribution in [1.82, 2.24) is 5.32 Å². The smallest absolute Gasteiger partial charge is 0.251 e. The first-order valence-electron chi connectivity index (χ1n) is 11.7. The predicted octanol–water partition coefficient (Wildman–Crippen LogP) is 1.64. The van der Waals surface area contributed by atoms with Gasteiger partial charge in [0.05, 0.1) is 12.1 Å². The Morgan fingerprint density at radius 1 is 0.892 bits per heavy atom. The van der Waals surface area contributed by atoms with Gasteiger partial charge in [0.15, 0.2) is 5.78 Å². The fourth-order valence-electron chi connectivity index (χ4n) is 3.47. The number of rotatable bonds is 9. The molecule has 3 atom stereocenters. The number of hydrogen-bond acceptors (Lipinski definition) is 6. The molecule has 0 aliphatic heterocycles. The summed E-state index contributed by atoms with van der Waals surface area (Å²) in [6.45, 7) is 0.582. The van der Waals surface area contributed by atoms with Crippen LogP contribution in [0, 0.1) is 11.8 Å². The van der Waals surface area contributed by atoms with Gasteiger partial charge < -0.3 is 26.6 Å². The topological polar surface area (TPSA) is 142 Å². The van der Waals surface area contributed by atoms with E-state index in [4.69, 9.17) is 10.8 Å². The highest BCUT2D eigenvalue weighted by atomic mass is 16.3. The van der Waals surface area contributed by atoms with Crippen LogP contribution >= 0.6 is 0 Å². The number of aliphatic hydroxyl groups is 2. The SMILES string of the molecule is C[C@@H](O)[C@H](NC(=O)c1ccc(C#Cc2ccc(NC(=O)[C@@H](N)Cc3ccccc3)cc2)cc1)C(=O)CO. The lowest BCUT2D eigenvalue weighted by Crippen LogP contribution is -2.48. The molecule has 8 heteroatoms. The third-order valence-corrected chi connectivity index (χ3v) is 5.56. The zero-order chi connectivity index (χ0) is 26.8. The molecule has 6 N–H and O–H groups in total. The van der Waals surface area contributed by atoms with Crippen molar-refractivity contribution < 1.29 is 24.6 Å². The lowest BCUT2D eigenvalue weighted by atomic mass is 10.1. The minimum Gasteiger partial charge on any atom is -0.391 e. The van der Waals surface area contributed by atoms with Gasteiger partial charge in [-0.3, -0.25) is 14.4 Å². The highest BCUT2D eigenvalue weighted by Gasteiger charge is 2.25. The highest BCUT2D eigenvalue weighted by Crippen LogP contribution is 2.11. The summed E-state index contributed by atoms with van der Waals surface area (Å²) in [6, 6.07) is 21.2. The third-order valence-electron chi connectivity index (χ3n) is 5.56. The van der Waals surface area contributed by atoms with Crippen molar-refractivity contribution in [2.45, 2.75) is 31.5 Å². The van der Waals surface area contributed by atoms with Gasteiger partial charge in [0.2, 0.25) is 5.91 Å². The molecule has 2 amide bonds. The Morgan fingerprint density at radius 3 is 2.00 bits per heavy atom. The van der Waals surface area contributed by atoms with Crippen LogP contribution in [0.2, 0.25) is 0 Å². The fourth-order valence-corrected chi connectivity index (χ4v) is 3.47. The monoisotopic (exact) mass is 499 g/mol. The summed E-state index contributed by atoms with van der Waals surface area (Å²) in [5.74, 6) is 4.53. The maximum atomic E-state index is 12.4. The molecule has 0 fully saturated rings. The Morgan fingerprint density at radius 2 is 1.46 bits per heavy atom. The van der Waals surface area contributed by atoms with Gasteiger partial charge in [0.1, 0.15) is 12.6 Å². The van der Waals surface area contributed by atoms with Gasteiger partial charge in [0.25, 0.3) is 5.91 Å². The van der Waals surface area contributed by atoms with Gasteiger partial charge in [-0.1, -0.05) is 42.2 Å². The molecule has 0 aromatic heterocycles. The van der Waals surface area contributed by atoms with Gasteiger partial charge in [-0.2, -0.15) is 0 Å². The van der Waals surface area contributed by atoms with E-state index >= 15 is 0 Å². The predicted molar refractivity (Wildman–Crippen MR) is 141 cm³/mol. The molecule has 0 aliphatic rings. The van der Waals surface area contributed by atoms with Crippen molar-refractivity contribution in [2.75, 3.05) is 11.9 Å². The maximum Gasteiger partial charge on any atom is 0.251 e. The molecule has 0 bridgehead atoms. The Balaban J connectivity index is 1.56. The molecule has 0 spiro atoms. The van der Waals surface area contributed by atoms with Gasteiger partial charge in [0, 0.05) is 22.4 Å². The molecule has 8 nitrogen and oxygen atoms in total. The fraction of sp³-hybridized carbons (Fsp3) is 0.207. The number of anilines is 1. The van der Waals surface area contributed by atoms with Gasteiger partial charge in [-0.05, 0) is 67.4 Å². The van der Waals surface area contributed by atoms with Gasteiger partial charge in [-0.15, -0.1) is 0 Å². The number of nitrogens with one attached hydrogen (secondary N) is 2. The summed E-state index contributed by atoms with van der Waals surface area (Å²) < 4.78 is 0. The lowest BCUT2D eigenvalue weighted by Gasteiger charge is -2.19. The third kappa shape index (κ3) is 8.12. The first-order valence-corrected chi connectivity index (χ1v) is 11.7. The quantitative estimate of drug-likeness (QED) is 0.283. The molecule has 0 saturated heterocycles. The summed E-state index contributed by atoms with van der Waals surface area (Å²) in [4.78, 5) is 36.5. The minimum atomic E-state index is -1.19. The van der Waals surface area contributed by atoms with E-state index in [0.717, 1.165) is 11.1 Å². The molecular formula is C29H29N3O5. The van der Waals surface area contributed by atoms with Crippen LogP contribution in [0.1, 0.15) is 34.0 Å². The molecule has 0 heterocycles. The average Bonchev–Trinajstić information content (AvgIpc) is 2.91. The van der Waals surface area contributed by atoms with E-state index in [1.165, 1.54) is 6.92 Å². The zero-order valence-corrected chi connectivity index (χ0v) is 20.3. The first-order chi connectivity index (χ1) is 17.8. The van der Waals surface area contributed by atoms with Crippen molar-refractivity contribution in [1.29, 1.82) is 0 Å². The first kappa shape index (κ1) is 27.3. The van der Waals surface area contributed by atoms with Crippen LogP contribution < -0.4 is 16.4 Å². The number of nitrogens with two attached hydrogens (primary N) is 1. The van der Waals surface area contributed by atoms with Crippen molar-refractivity contribution in [3.8, 4) is 11.8 Å². The number of aliphatic hydroxyl groups excluding tert-OH is 2. The lowest BCUT2D eigenvalue weighted by molar-refractivity contribution is -0.126. The standard InChI is InChI=1S/C29H29N3O5/c1-19(34)27(26(35)18-33)32-28(36)23-13-9-20(10-14-23)7-8-21-11-15-24(16-12-21)31-29(37)25(30)17-22-5-3-2-4-6-22/h2-6,9-16,19,25,27,33-34H,17-18,30H2,1H3,(H,31,37)(H,32,36)/t19-,25+,27+/m1/s1. The largest absolute Gasteiger partial charge is 0.391 e. The summed E-state index contributed by atoms with van der Waals surface area (Å²) in [7, 11) is 0. The molecule has 3 aromatic rings. The zero-order valence-electron chi connectivity index (χ0n) is 20.3. The van der Waals surface area contributed by atoms with Gasteiger partial charge in [-0.25, -0.2) is 0 Å². The molecule has 0 saturated carbocycles. The van der Waals surface area contributed by atoms with E-state index < -0.39 is 36.5 Å². The van der Waals surface area contributed by atoms with Crippen molar-refractivity contribution in [3.05, 3.63) is 101 Å². The second-order valence-electron chi connectivity index (χ2n) is 8.51. The Kier molecular flexibility index (Phi) is 9.69. The summed E-state index contributed by atoms with van der Waals surface area (Å²) in [6.07, 6.45) is -0.696. The second kappa shape index (κ2) is 13.1. The van der Waals surface area contributed by atoms with E-state index in [1.54, 1.807) is 48.5 Å². The molecule has 37 heavy (non-hydrogen) atoms. The molecular weight excluding hydrogens is 470 g/mol. The number of carbonyl (C=O) groups excluding carboxylic acids is 3. The second-order valence-corrected chi connectivity index (χ2v) is 8.51. The molecule has 0 aliphatic carbocycles. The molecule has 0 unspecified atom stereocenters. The number of amides is 2. The number of carbonyl (C=O) groups is 3. The number of benzene rings is 3. The van der Waals surface area contributed by atoms with E-state index in [9.17, 15) is 19.5 Å². The van der Waals surface area contributed by atoms with E-state index in [-0.39, 0.29) is 11.5 Å². The summed E-state index contributed by atoms with van der Waals surface area (Å²) in [5, 5.41) is 23.9. The van der Waals surface area contributed by atoms with Crippen LogP contribution in [0.5, 0.6) is 0 Å².